The fourth-order valence-electron chi connectivity index (χ4n) is 4.97. The number of carbonyl (C=O) groups is 2. The Morgan fingerprint density at radius 3 is 2.69 bits per heavy atom. The first-order chi connectivity index (χ1) is 15.7. The molecule has 2 aliphatic heterocycles. The lowest BCUT2D eigenvalue weighted by Crippen LogP contribution is -2.42. The Bertz CT molecular complexity index is 1200. The predicted molar refractivity (Wildman–Crippen MR) is 116 cm³/mol. The van der Waals surface area contributed by atoms with E-state index in [4.69, 9.17) is 0 Å². The highest BCUT2D eigenvalue weighted by atomic mass is 16.2. The third-order valence-corrected chi connectivity index (χ3v) is 6.82. The zero-order valence-electron chi connectivity index (χ0n) is 17.9. The first-order valence-electron chi connectivity index (χ1n) is 11.4. The van der Waals surface area contributed by atoms with Crippen LogP contribution in [0.2, 0.25) is 0 Å². The Hall–Kier alpha value is -3.36. The molecule has 2 fully saturated rings. The van der Waals surface area contributed by atoms with Crippen molar-refractivity contribution in [1.82, 2.24) is 34.5 Å². The molecule has 2 amide bonds. The van der Waals surface area contributed by atoms with Crippen LogP contribution in [0.5, 0.6) is 0 Å². The average molecular weight is 432 g/mol. The lowest BCUT2D eigenvalue weighted by atomic mass is 9.96. The second kappa shape index (κ2) is 7.65. The summed E-state index contributed by atoms with van der Waals surface area (Å²) in [6, 6.07) is 5.56. The molecule has 0 bridgehead atoms. The Labute approximate surface area is 185 Å². The van der Waals surface area contributed by atoms with Gasteiger partial charge in [-0.15, -0.1) is 10.2 Å². The predicted octanol–water partition coefficient (Wildman–Crippen LogP) is 1.99. The third kappa shape index (κ3) is 3.32. The Balaban J connectivity index is 1.21. The number of piperidine rings is 1. The van der Waals surface area contributed by atoms with Crippen LogP contribution in [0.4, 0.5) is 0 Å². The van der Waals surface area contributed by atoms with Crippen molar-refractivity contribution in [1.29, 1.82) is 0 Å². The van der Waals surface area contributed by atoms with Crippen LogP contribution >= 0.6 is 0 Å². The number of amides is 2. The lowest BCUT2D eigenvalue weighted by Gasteiger charge is -2.34. The van der Waals surface area contributed by atoms with Crippen molar-refractivity contribution >= 4 is 22.8 Å². The zero-order chi connectivity index (χ0) is 21.7. The molecule has 32 heavy (non-hydrogen) atoms. The minimum atomic E-state index is -0.0135. The number of nitrogens with zero attached hydrogens (tertiary/aromatic N) is 7. The van der Waals surface area contributed by atoms with Gasteiger partial charge in [0.2, 0.25) is 5.91 Å². The molecular weight excluding hydrogens is 406 g/mol. The van der Waals surface area contributed by atoms with Crippen LogP contribution in [0.25, 0.3) is 11.0 Å². The largest absolute Gasteiger partial charge is 0.338 e. The summed E-state index contributed by atoms with van der Waals surface area (Å²) in [5.41, 5.74) is 1.96. The van der Waals surface area contributed by atoms with Crippen molar-refractivity contribution in [3.8, 4) is 0 Å². The lowest BCUT2D eigenvalue weighted by molar-refractivity contribution is -0.134. The highest BCUT2D eigenvalue weighted by Crippen LogP contribution is 2.33. The van der Waals surface area contributed by atoms with Gasteiger partial charge in [0, 0.05) is 50.4 Å². The van der Waals surface area contributed by atoms with Crippen LogP contribution in [0.3, 0.4) is 0 Å². The minimum absolute atomic E-state index is 0.0135. The van der Waals surface area contributed by atoms with E-state index >= 15 is 0 Å². The second-order valence-electron chi connectivity index (χ2n) is 8.98. The molecule has 9 nitrogen and oxygen atoms in total. The van der Waals surface area contributed by atoms with Gasteiger partial charge in [-0.3, -0.25) is 19.6 Å². The maximum absolute atomic E-state index is 13.4. The monoisotopic (exact) mass is 431 g/mol. The molecule has 1 atom stereocenters. The Morgan fingerprint density at radius 2 is 1.81 bits per heavy atom. The highest BCUT2D eigenvalue weighted by Gasteiger charge is 2.37. The molecule has 1 aliphatic carbocycles. The van der Waals surface area contributed by atoms with Crippen molar-refractivity contribution < 1.29 is 9.59 Å². The normalized spacial score (nSPS) is 20.9. The van der Waals surface area contributed by atoms with Crippen molar-refractivity contribution in [3.05, 3.63) is 47.8 Å². The van der Waals surface area contributed by atoms with Gasteiger partial charge in [-0.05, 0) is 37.8 Å². The molecule has 0 N–H and O–H groups in total. The molecule has 0 spiro atoms. The van der Waals surface area contributed by atoms with E-state index in [0.29, 0.717) is 30.7 Å². The topological polar surface area (TPSA) is 97.1 Å². The van der Waals surface area contributed by atoms with Crippen molar-refractivity contribution in [2.45, 2.75) is 44.7 Å². The number of fused-ring (bicyclic) bond motifs is 2. The van der Waals surface area contributed by atoms with E-state index in [1.54, 1.807) is 12.4 Å². The van der Waals surface area contributed by atoms with Gasteiger partial charge >= 0.3 is 0 Å². The van der Waals surface area contributed by atoms with Gasteiger partial charge in [-0.2, -0.15) is 0 Å². The molecule has 3 aliphatic rings. The fourth-order valence-corrected chi connectivity index (χ4v) is 4.97. The second-order valence-corrected chi connectivity index (χ2v) is 8.98. The summed E-state index contributed by atoms with van der Waals surface area (Å²) >= 11 is 0. The number of likely N-dealkylation sites (tertiary alicyclic amines) is 1. The van der Waals surface area contributed by atoms with Gasteiger partial charge in [-0.1, -0.05) is 6.07 Å². The quantitative estimate of drug-likeness (QED) is 0.629. The Morgan fingerprint density at radius 1 is 0.938 bits per heavy atom. The highest BCUT2D eigenvalue weighted by molar-refractivity contribution is 6.04. The number of hydrogen-bond donors (Lipinski definition) is 0. The number of aromatic nitrogens is 5. The molecule has 1 aromatic carbocycles. The smallest absolute Gasteiger partial charge is 0.256 e. The number of benzene rings is 1. The number of para-hydroxylation sites is 1. The molecule has 1 saturated heterocycles. The van der Waals surface area contributed by atoms with Gasteiger partial charge in [0.25, 0.3) is 5.91 Å². The zero-order valence-corrected chi connectivity index (χ0v) is 17.9. The van der Waals surface area contributed by atoms with Gasteiger partial charge in [0.1, 0.15) is 11.3 Å². The van der Waals surface area contributed by atoms with Crippen LogP contribution in [-0.2, 0) is 17.9 Å². The van der Waals surface area contributed by atoms with E-state index in [1.165, 1.54) is 0 Å². The van der Waals surface area contributed by atoms with Crippen LogP contribution in [0.1, 0.15) is 53.6 Å². The summed E-state index contributed by atoms with van der Waals surface area (Å²) in [6.45, 7) is 3.29. The van der Waals surface area contributed by atoms with E-state index in [1.807, 2.05) is 28.0 Å². The summed E-state index contributed by atoms with van der Waals surface area (Å²) in [5.74, 6) is 2.40. The number of rotatable bonds is 3. The van der Waals surface area contributed by atoms with Gasteiger partial charge in [-0.25, -0.2) is 0 Å². The van der Waals surface area contributed by atoms with Crippen molar-refractivity contribution in [3.63, 3.8) is 0 Å². The molecule has 9 heteroatoms. The van der Waals surface area contributed by atoms with E-state index in [-0.39, 0.29) is 23.7 Å². The standard InChI is InChI=1S/C23H25N7O2/c31-22(15-6-7-15)29-11-12-30-19(14-29)26-27-21(30)16-3-2-10-28(13-16)23(32)17-4-1-5-18-20(17)25-9-8-24-18/h1,4-5,8-9,15-16H,2-3,6-7,10-14H2. The van der Waals surface area contributed by atoms with E-state index in [0.717, 1.165) is 55.9 Å². The maximum atomic E-state index is 13.4. The van der Waals surface area contributed by atoms with Crippen LogP contribution in [-0.4, -0.2) is 66.0 Å². The molecule has 1 unspecified atom stereocenters. The molecule has 4 heterocycles. The molecule has 6 rings (SSSR count). The number of hydrogen-bond acceptors (Lipinski definition) is 6. The van der Waals surface area contributed by atoms with Crippen LogP contribution < -0.4 is 0 Å². The van der Waals surface area contributed by atoms with E-state index in [9.17, 15) is 9.59 Å². The minimum Gasteiger partial charge on any atom is -0.338 e. The van der Waals surface area contributed by atoms with Crippen LogP contribution in [0, 0.1) is 5.92 Å². The first-order valence-corrected chi connectivity index (χ1v) is 11.4. The van der Waals surface area contributed by atoms with Gasteiger partial charge in [0.05, 0.1) is 17.6 Å². The summed E-state index contributed by atoms with van der Waals surface area (Å²) in [6.07, 6.45) is 7.19. The summed E-state index contributed by atoms with van der Waals surface area (Å²) in [4.78, 5) is 38.4. The van der Waals surface area contributed by atoms with Gasteiger partial charge < -0.3 is 14.4 Å². The summed E-state index contributed by atoms with van der Waals surface area (Å²) in [7, 11) is 0. The third-order valence-electron chi connectivity index (χ3n) is 6.82. The SMILES string of the molecule is O=C(c1cccc2nccnc12)N1CCCC(c2nnc3n2CCN(C(=O)C2CC2)C3)C1. The molecule has 164 valence electrons. The number of carbonyl (C=O) groups excluding carboxylic acids is 2. The maximum Gasteiger partial charge on any atom is 0.256 e. The fraction of sp³-hybridized carbons (Fsp3) is 0.478. The van der Waals surface area contributed by atoms with Crippen LogP contribution in [0.15, 0.2) is 30.6 Å². The molecule has 2 aromatic heterocycles. The molecule has 1 saturated carbocycles. The average Bonchev–Trinajstić information content (AvgIpc) is 3.61. The summed E-state index contributed by atoms with van der Waals surface area (Å²) < 4.78 is 2.17. The van der Waals surface area contributed by atoms with Crippen molar-refractivity contribution in [2.75, 3.05) is 19.6 Å². The molecule has 0 radical (unpaired) electrons. The van der Waals surface area contributed by atoms with E-state index < -0.39 is 0 Å². The summed E-state index contributed by atoms with van der Waals surface area (Å²) in [5, 5.41) is 8.92. The molecule has 3 aromatic rings. The van der Waals surface area contributed by atoms with Crippen molar-refractivity contribution in [2.24, 2.45) is 5.92 Å². The Kier molecular flexibility index (Phi) is 4.62. The van der Waals surface area contributed by atoms with Gasteiger partial charge in [0.15, 0.2) is 5.82 Å². The van der Waals surface area contributed by atoms with E-state index in [2.05, 4.69) is 24.7 Å². The molecular formula is C23H25N7O2. The first kappa shape index (κ1) is 19.3.